The Labute approximate surface area is 178 Å². The molecule has 0 spiro atoms. The number of imide groups is 1. The highest BCUT2D eigenvalue weighted by Gasteiger charge is 2.47. The van der Waals surface area contributed by atoms with Crippen LogP contribution in [0, 0.1) is 17.8 Å². The van der Waals surface area contributed by atoms with Gasteiger partial charge in [0.1, 0.15) is 11.9 Å². The van der Waals surface area contributed by atoms with E-state index < -0.39 is 23.7 Å². The van der Waals surface area contributed by atoms with Crippen LogP contribution in [-0.4, -0.2) is 53.7 Å². The van der Waals surface area contributed by atoms with Crippen molar-refractivity contribution in [1.29, 1.82) is 0 Å². The van der Waals surface area contributed by atoms with E-state index in [9.17, 15) is 23.6 Å². The number of likely N-dealkylation sites (tertiary alicyclic amines) is 1. The van der Waals surface area contributed by atoms with Gasteiger partial charge in [0.2, 0.25) is 17.7 Å². The minimum absolute atomic E-state index is 0.0872. The third-order valence-corrected chi connectivity index (χ3v) is 6.85. The number of allylic oxidation sites excluding steroid dienone is 3. The molecule has 3 aliphatic carbocycles. The van der Waals surface area contributed by atoms with E-state index in [2.05, 4.69) is 10.6 Å². The molecule has 0 radical (unpaired) electrons. The molecular formula is C22H23FN4O4. The topological polar surface area (TPSA) is 122 Å². The zero-order valence-corrected chi connectivity index (χ0v) is 16.8. The summed E-state index contributed by atoms with van der Waals surface area (Å²) in [4.78, 5) is 49.8. The lowest BCUT2D eigenvalue weighted by Gasteiger charge is -2.30. The number of carbonyl (C=O) groups excluding carboxylic acids is 4. The summed E-state index contributed by atoms with van der Waals surface area (Å²) < 4.78 is 14.8. The number of hydrogen-bond donors (Lipinski definition) is 3. The Morgan fingerprint density at radius 2 is 2.10 bits per heavy atom. The quantitative estimate of drug-likeness (QED) is 0.534. The lowest BCUT2D eigenvalue weighted by atomic mass is 9.89. The molecule has 5 atom stereocenters. The molecule has 8 nitrogen and oxygen atoms in total. The Hall–Kier alpha value is -3.07. The van der Waals surface area contributed by atoms with Gasteiger partial charge in [0.25, 0.3) is 5.91 Å². The second-order valence-electron chi connectivity index (χ2n) is 8.73. The Kier molecular flexibility index (Phi) is 4.65. The van der Waals surface area contributed by atoms with Gasteiger partial charge in [-0.05, 0) is 30.3 Å². The van der Waals surface area contributed by atoms with E-state index in [1.807, 2.05) is 12.2 Å². The van der Waals surface area contributed by atoms with Crippen LogP contribution in [0.25, 0.3) is 0 Å². The zero-order valence-electron chi connectivity index (χ0n) is 16.8. The molecule has 3 fully saturated rings. The maximum atomic E-state index is 14.8. The molecule has 3 unspecified atom stereocenters. The van der Waals surface area contributed by atoms with Crippen LogP contribution in [-0.2, 0) is 19.2 Å². The Balaban J connectivity index is 1.29. The molecule has 1 saturated carbocycles. The number of nitrogens with two attached hydrogens (primary N) is 1. The second kappa shape index (κ2) is 7.26. The molecule has 2 aliphatic heterocycles. The fourth-order valence-electron chi connectivity index (χ4n) is 5.14. The molecule has 5 rings (SSSR count). The van der Waals surface area contributed by atoms with E-state index in [1.165, 1.54) is 4.90 Å². The van der Waals surface area contributed by atoms with Crippen molar-refractivity contribution < 1.29 is 23.6 Å². The number of piperidine rings is 1. The molecule has 0 aromatic heterocycles. The fraction of sp³-hybridized carbons (Fsp3) is 0.455. The normalized spacial score (nSPS) is 34.2. The summed E-state index contributed by atoms with van der Waals surface area (Å²) in [5.74, 6) is -2.36. The summed E-state index contributed by atoms with van der Waals surface area (Å²) in [6, 6.07) is -0.895. The molecule has 0 aromatic carbocycles. The molecule has 0 bridgehead atoms. The van der Waals surface area contributed by atoms with Crippen LogP contribution >= 0.6 is 0 Å². The largest absolute Gasteiger partial charge is 0.366 e. The second-order valence-corrected chi connectivity index (χ2v) is 8.73. The van der Waals surface area contributed by atoms with Gasteiger partial charge in [0.15, 0.2) is 0 Å². The number of fused-ring (bicyclic) bond motifs is 2. The fourth-order valence-corrected chi connectivity index (χ4v) is 5.14. The lowest BCUT2D eigenvalue weighted by molar-refractivity contribution is -0.142. The molecule has 31 heavy (non-hydrogen) atoms. The number of primary amides is 1. The lowest BCUT2D eigenvalue weighted by Crippen LogP contribution is -2.53. The van der Waals surface area contributed by atoms with Crippen LogP contribution in [0.15, 0.2) is 46.9 Å². The first-order valence-corrected chi connectivity index (χ1v) is 10.5. The first-order valence-electron chi connectivity index (χ1n) is 10.5. The summed E-state index contributed by atoms with van der Waals surface area (Å²) >= 11 is 0. The highest BCUT2D eigenvalue weighted by atomic mass is 19.1. The molecule has 4 amide bonds. The predicted molar refractivity (Wildman–Crippen MR) is 107 cm³/mol. The number of nitrogens with zero attached hydrogens (tertiary/aromatic N) is 1. The van der Waals surface area contributed by atoms with E-state index in [4.69, 9.17) is 5.73 Å². The first kappa shape index (κ1) is 19.9. The predicted octanol–water partition coefficient (Wildman–Crippen LogP) is -0.0106. The van der Waals surface area contributed by atoms with Gasteiger partial charge in [0, 0.05) is 37.0 Å². The number of amides is 4. The summed E-state index contributed by atoms with van der Waals surface area (Å²) in [6.45, 7) is 0.546. The van der Waals surface area contributed by atoms with Crippen molar-refractivity contribution in [2.75, 3.05) is 13.1 Å². The molecule has 4 N–H and O–H groups in total. The van der Waals surface area contributed by atoms with Gasteiger partial charge in [-0.1, -0.05) is 24.3 Å². The number of carbonyl (C=O) groups is 4. The van der Waals surface area contributed by atoms with Crippen LogP contribution in [0.1, 0.15) is 19.3 Å². The van der Waals surface area contributed by atoms with Crippen LogP contribution in [0.5, 0.6) is 0 Å². The standard InChI is InChI=1S/C22H23FN4O4/c23-19-11(6-10-7-13(10)18(19)20(24)29)8-25-15-3-1-2-12-14(15)9-27(22(12)31)16-4-5-17(28)26-21(16)30/h1-3,6,10,13-16,25H,4-5,7-9H2,(H2,24,29)(H,26,28,30)/t10?,13?,14-,15?,16-/m1/s1. The van der Waals surface area contributed by atoms with Gasteiger partial charge in [-0.2, -0.15) is 0 Å². The summed E-state index contributed by atoms with van der Waals surface area (Å²) in [7, 11) is 0. The van der Waals surface area contributed by atoms with E-state index >= 15 is 0 Å². The maximum Gasteiger partial charge on any atom is 0.250 e. The van der Waals surface area contributed by atoms with Crippen molar-refractivity contribution in [2.24, 2.45) is 23.5 Å². The molecule has 162 valence electrons. The van der Waals surface area contributed by atoms with Gasteiger partial charge in [0.05, 0.1) is 5.57 Å². The summed E-state index contributed by atoms with van der Waals surface area (Å²) in [5.41, 5.74) is 6.47. The highest BCUT2D eigenvalue weighted by Crippen LogP contribution is 2.51. The van der Waals surface area contributed by atoms with Crippen molar-refractivity contribution in [3.8, 4) is 0 Å². The highest BCUT2D eigenvalue weighted by molar-refractivity contribution is 6.05. The third kappa shape index (κ3) is 3.33. The summed E-state index contributed by atoms with van der Waals surface area (Å²) in [6.07, 6.45) is 8.55. The summed E-state index contributed by atoms with van der Waals surface area (Å²) in [5, 5.41) is 5.60. The van der Waals surface area contributed by atoms with Crippen molar-refractivity contribution in [3.05, 3.63) is 46.9 Å². The van der Waals surface area contributed by atoms with Crippen molar-refractivity contribution >= 4 is 23.6 Å². The van der Waals surface area contributed by atoms with Gasteiger partial charge in [-0.3, -0.25) is 24.5 Å². The van der Waals surface area contributed by atoms with Crippen LogP contribution in [0.3, 0.4) is 0 Å². The van der Waals surface area contributed by atoms with E-state index in [1.54, 1.807) is 12.2 Å². The number of halogens is 1. The maximum absolute atomic E-state index is 14.8. The van der Waals surface area contributed by atoms with Crippen LogP contribution in [0.4, 0.5) is 4.39 Å². The van der Waals surface area contributed by atoms with Crippen LogP contribution < -0.4 is 16.4 Å². The zero-order chi connectivity index (χ0) is 21.9. The Bertz CT molecular complexity index is 1030. The smallest absolute Gasteiger partial charge is 0.250 e. The van der Waals surface area contributed by atoms with E-state index in [0.717, 1.165) is 6.42 Å². The minimum atomic E-state index is -0.709. The molecule has 0 aromatic rings. The molecule has 9 heteroatoms. The van der Waals surface area contributed by atoms with Crippen molar-refractivity contribution in [3.63, 3.8) is 0 Å². The first-order chi connectivity index (χ1) is 14.8. The average Bonchev–Trinajstić information content (AvgIpc) is 3.41. The molecule has 2 heterocycles. The van der Waals surface area contributed by atoms with Gasteiger partial charge < -0.3 is 16.0 Å². The molecule has 2 saturated heterocycles. The van der Waals surface area contributed by atoms with Gasteiger partial charge in [-0.15, -0.1) is 0 Å². The SMILES string of the molecule is NC(=O)C1=C(F)C(CNC2C=CC=C3C(=O)N([C@@H]4CCC(=O)NC4=O)C[C@H]32)=CC2CC12. The monoisotopic (exact) mass is 426 g/mol. The third-order valence-electron chi connectivity index (χ3n) is 6.85. The van der Waals surface area contributed by atoms with Gasteiger partial charge in [-0.25, -0.2) is 4.39 Å². The Morgan fingerprint density at radius 3 is 2.84 bits per heavy atom. The van der Waals surface area contributed by atoms with E-state index in [-0.39, 0.29) is 54.1 Å². The molecular weight excluding hydrogens is 403 g/mol. The van der Waals surface area contributed by atoms with Crippen molar-refractivity contribution in [2.45, 2.75) is 31.3 Å². The van der Waals surface area contributed by atoms with Gasteiger partial charge >= 0.3 is 0 Å². The van der Waals surface area contributed by atoms with Crippen LogP contribution in [0.2, 0.25) is 0 Å². The Morgan fingerprint density at radius 1 is 1.29 bits per heavy atom. The van der Waals surface area contributed by atoms with E-state index in [0.29, 0.717) is 24.1 Å². The average molecular weight is 426 g/mol. The minimum Gasteiger partial charge on any atom is -0.366 e. The number of rotatable bonds is 5. The van der Waals surface area contributed by atoms with Crippen molar-refractivity contribution in [1.82, 2.24) is 15.5 Å². The number of hydrogen-bond acceptors (Lipinski definition) is 5. The molecule has 5 aliphatic rings. The number of nitrogens with one attached hydrogen (secondary N) is 2.